The van der Waals surface area contributed by atoms with Crippen molar-refractivity contribution < 1.29 is 4.74 Å². The molecule has 0 radical (unpaired) electrons. The fraction of sp³-hybridized carbons (Fsp3) is 0.667. The second kappa shape index (κ2) is 7.92. The van der Waals surface area contributed by atoms with E-state index in [-0.39, 0.29) is 0 Å². The third-order valence-corrected chi connectivity index (χ3v) is 4.62. The van der Waals surface area contributed by atoms with E-state index >= 15 is 0 Å². The van der Waals surface area contributed by atoms with E-state index in [0.29, 0.717) is 18.0 Å². The monoisotopic (exact) mass is 290 g/mol. The Morgan fingerprint density at radius 2 is 1.95 bits per heavy atom. The maximum absolute atomic E-state index is 5.52. The number of nitrogens with one attached hydrogen (secondary N) is 1. The zero-order chi connectivity index (χ0) is 15.2. The number of nitrogens with zero attached hydrogens (tertiary/aromatic N) is 1. The molecule has 3 nitrogen and oxygen atoms in total. The van der Waals surface area contributed by atoms with Crippen LogP contribution in [0.25, 0.3) is 0 Å². The van der Waals surface area contributed by atoms with E-state index in [9.17, 15) is 0 Å². The zero-order valence-corrected chi connectivity index (χ0v) is 13.9. The Morgan fingerprint density at radius 1 is 1.24 bits per heavy atom. The lowest BCUT2D eigenvalue weighted by atomic mass is 9.77. The van der Waals surface area contributed by atoms with Gasteiger partial charge in [-0.15, -0.1) is 0 Å². The molecule has 2 rings (SSSR count). The van der Waals surface area contributed by atoms with Gasteiger partial charge in [0.05, 0.1) is 6.61 Å². The van der Waals surface area contributed by atoms with Gasteiger partial charge in [0, 0.05) is 25.2 Å². The predicted molar refractivity (Wildman–Crippen MR) is 88.8 cm³/mol. The molecule has 3 heteroatoms. The normalized spacial score (nSPS) is 25.1. The molecule has 0 spiro atoms. The minimum Gasteiger partial charge on any atom is -0.380 e. The molecule has 21 heavy (non-hydrogen) atoms. The van der Waals surface area contributed by atoms with Gasteiger partial charge in [-0.25, -0.2) is 0 Å². The van der Waals surface area contributed by atoms with Crippen molar-refractivity contribution in [3.8, 4) is 0 Å². The quantitative estimate of drug-likeness (QED) is 0.781. The van der Waals surface area contributed by atoms with Crippen molar-refractivity contribution in [2.45, 2.75) is 45.2 Å². The molecule has 118 valence electrons. The molecule has 0 saturated heterocycles. The number of hydrogen-bond donors (Lipinski definition) is 1. The smallest absolute Gasteiger partial charge is 0.0593 e. The fourth-order valence-corrected chi connectivity index (χ4v) is 3.49. The molecule has 0 bridgehead atoms. The van der Waals surface area contributed by atoms with Crippen molar-refractivity contribution >= 4 is 0 Å². The molecule has 1 aliphatic rings. The predicted octanol–water partition coefficient (Wildman–Crippen LogP) is 3.18. The first kappa shape index (κ1) is 16.5. The lowest BCUT2D eigenvalue weighted by Gasteiger charge is -2.42. The van der Waals surface area contributed by atoms with Gasteiger partial charge in [-0.1, -0.05) is 38.1 Å². The van der Waals surface area contributed by atoms with Crippen molar-refractivity contribution in [2.75, 3.05) is 33.4 Å². The number of benzene rings is 1. The number of fused-ring (bicyclic) bond motifs is 1. The van der Waals surface area contributed by atoms with E-state index in [0.717, 1.165) is 26.3 Å². The van der Waals surface area contributed by atoms with Crippen LogP contribution in [0.2, 0.25) is 0 Å². The minimum atomic E-state index is 0.425. The Balaban J connectivity index is 2.17. The van der Waals surface area contributed by atoms with Crippen LogP contribution in [-0.4, -0.2) is 44.3 Å². The number of hydrogen-bond acceptors (Lipinski definition) is 3. The lowest BCUT2D eigenvalue weighted by Crippen LogP contribution is -2.47. The van der Waals surface area contributed by atoms with E-state index in [1.165, 1.54) is 17.5 Å². The highest BCUT2D eigenvalue weighted by atomic mass is 16.5. The molecular formula is C18H30N2O. The second-order valence-electron chi connectivity index (χ2n) is 6.05. The second-order valence-corrected chi connectivity index (χ2v) is 6.05. The van der Waals surface area contributed by atoms with Crippen LogP contribution in [0.1, 0.15) is 50.3 Å². The van der Waals surface area contributed by atoms with E-state index in [1.807, 2.05) is 0 Å². The lowest BCUT2D eigenvalue weighted by molar-refractivity contribution is 0.0894. The van der Waals surface area contributed by atoms with Crippen LogP contribution >= 0.6 is 0 Å². The summed E-state index contributed by atoms with van der Waals surface area (Å²) in [7, 11) is 2.23. The summed E-state index contributed by atoms with van der Waals surface area (Å²) in [5, 5.41) is 3.70. The van der Waals surface area contributed by atoms with Crippen LogP contribution in [0.4, 0.5) is 0 Å². The molecule has 1 aromatic carbocycles. The van der Waals surface area contributed by atoms with E-state index in [2.05, 4.69) is 62.3 Å². The van der Waals surface area contributed by atoms with E-state index < -0.39 is 0 Å². The third-order valence-electron chi connectivity index (χ3n) is 4.62. The molecule has 0 saturated carbocycles. The van der Waals surface area contributed by atoms with Gasteiger partial charge < -0.3 is 10.1 Å². The first-order valence-corrected chi connectivity index (χ1v) is 8.29. The van der Waals surface area contributed by atoms with Crippen LogP contribution < -0.4 is 5.32 Å². The SMILES string of the molecule is CCNC1c2ccccc2C(C)CC1N(C)CCOCC. The maximum Gasteiger partial charge on any atom is 0.0593 e. The molecule has 1 aromatic rings. The summed E-state index contributed by atoms with van der Waals surface area (Å²) in [5.41, 5.74) is 2.99. The van der Waals surface area contributed by atoms with Crippen LogP contribution in [0, 0.1) is 0 Å². The molecule has 1 aliphatic carbocycles. The molecule has 0 aromatic heterocycles. The van der Waals surface area contributed by atoms with Crippen molar-refractivity contribution in [1.82, 2.24) is 10.2 Å². The molecule has 3 unspecified atom stereocenters. The molecule has 0 aliphatic heterocycles. The average Bonchev–Trinajstić information content (AvgIpc) is 2.50. The molecule has 0 heterocycles. The Hall–Kier alpha value is -0.900. The van der Waals surface area contributed by atoms with Gasteiger partial charge in [-0.05, 0) is 44.0 Å². The molecule has 3 atom stereocenters. The highest BCUT2D eigenvalue weighted by molar-refractivity contribution is 5.36. The summed E-state index contributed by atoms with van der Waals surface area (Å²) in [5.74, 6) is 0.621. The largest absolute Gasteiger partial charge is 0.380 e. The van der Waals surface area contributed by atoms with Gasteiger partial charge in [0.2, 0.25) is 0 Å². The summed E-state index contributed by atoms with van der Waals surface area (Å²) in [6.07, 6.45) is 1.21. The Labute approximate surface area is 129 Å². The number of rotatable bonds is 7. The van der Waals surface area contributed by atoms with Gasteiger partial charge in [0.25, 0.3) is 0 Å². The molecular weight excluding hydrogens is 260 g/mol. The Morgan fingerprint density at radius 3 is 2.62 bits per heavy atom. The van der Waals surface area contributed by atoms with Crippen LogP contribution in [0.3, 0.4) is 0 Å². The standard InChI is InChI=1S/C18H30N2O/c1-5-19-18-16-10-8-7-9-15(16)14(3)13-17(18)20(4)11-12-21-6-2/h7-10,14,17-19H,5-6,11-13H2,1-4H3. The van der Waals surface area contributed by atoms with Gasteiger partial charge >= 0.3 is 0 Å². The molecule has 0 amide bonds. The van der Waals surface area contributed by atoms with Gasteiger partial charge in [0.15, 0.2) is 0 Å². The number of ether oxygens (including phenoxy) is 1. The third kappa shape index (κ3) is 3.85. The van der Waals surface area contributed by atoms with Gasteiger partial charge in [-0.3, -0.25) is 4.90 Å². The van der Waals surface area contributed by atoms with Crippen molar-refractivity contribution in [3.05, 3.63) is 35.4 Å². The average molecular weight is 290 g/mol. The topological polar surface area (TPSA) is 24.5 Å². The van der Waals surface area contributed by atoms with Crippen LogP contribution in [-0.2, 0) is 4.74 Å². The first-order valence-electron chi connectivity index (χ1n) is 8.29. The Kier molecular flexibility index (Phi) is 6.22. The van der Waals surface area contributed by atoms with E-state index in [4.69, 9.17) is 4.74 Å². The van der Waals surface area contributed by atoms with Crippen LogP contribution in [0.15, 0.2) is 24.3 Å². The van der Waals surface area contributed by atoms with Crippen molar-refractivity contribution in [1.29, 1.82) is 0 Å². The summed E-state index contributed by atoms with van der Waals surface area (Å²) in [6, 6.07) is 9.88. The maximum atomic E-state index is 5.52. The van der Waals surface area contributed by atoms with Gasteiger partial charge in [-0.2, -0.15) is 0 Å². The minimum absolute atomic E-state index is 0.425. The number of likely N-dealkylation sites (N-methyl/N-ethyl adjacent to an activating group) is 2. The highest BCUT2D eigenvalue weighted by Crippen LogP contribution is 2.39. The molecule has 1 N–H and O–H groups in total. The summed E-state index contributed by atoms with van der Waals surface area (Å²) < 4.78 is 5.52. The highest BCUT2D eigenvalue weighted by Gasteiger charge is 2.34. The van der Waals surface area contributed by atoms with E-state index in [1.54, 1.807) is 0 Å². The summed E-state index contributed by atoms with van der Waals surface area (Å²) in [6.45, 7) is 10.2. The first-order chi connectivity index (χ1) is 10.2. The Bertz CT molecular complexity index is 435. The van der Waals surface area contributed by atoms with Gasteiger partial charge in [0.1, 0.15) is 0 Å². The van der Waals surface area contributed by atoms with Crippen molar-refractivity contribution in [2.24, 2.45) is 0 Å². The van der Waals surface area contributed by atoms with Crippen LogP contribution in [0.5, 0.6) is 0 Å². The summed E-state index contributed by atoms with van der Waals surface area (Å²) >= 11 is 0. The summed E-state index contributed by atoms with van der Waals surface area (Å²) in [4.78, 5) is 2.47. The fourth-order valence-electron chi connectivity index (χ4n) is 3.49. The zero-order valence-electron chi connectivity index (χ0n) is 13.9. The molecule has 0 fully saturated rings. The van der Waals surface area contributed by atoms with Crippen molar-refractivity contribution in [3.63, 3.8) is 0 Å².